The quantitative estimate of drug-likeness (QED) is 0.157. The van der Waals surface area contributed by atoms with Crippen molar-refractivity contribution in [1.29, 1.82) is 0 Å². The zero-order valence-electron chi connectivity index (χ0n) is 34.9. The van der Waals surface area contributed by atoms with E-state index in [4.69, 9.17) is 0 Å². The molecule has 0 aliphatic heterocycles. The third-order valence-electron chi connectivity index (χ3n) is 11.4. The third kappa shape index (κ3) is 5.29. The van der Waals surface area contributed by atoms with Crippen molar-refractivity contribution >= 4 is 48.6 Å². The number of thiophene rings is 1. The summed E-state index contributed by atoms with van der Waals surface area (Å²) in [6, 6.07) is 68.4. The molecule has 0 saturated carbocycles. The molecule has 0 saturated heterocycles. The first kappa shape index (κ1) is 29.3. The molecule has 0 atom stereocenters. The summed E-state index contributed by atoms with van der Waals surface area (Å²) in [7, 11) is 0. The van der Waals surface area contributed by atoms with Gasteiger partial charge in [-0.3, -0.25) is 0 Å². The van der Waals surface area contributed by atoms with Gasteiger partial charge in [-0.05, 0) is 86.4 Å². The van der Waals surface area contributed by atoms with Gasteiger partial charge < -0.3 is 4.90 Å². The largest absolute Gasteiger partial charge is 0.310 e. The summed E-state index contributed by atoms with van der Waals surface area (Å²) in [6.07, 6.45) is 0. The molecular weight excluding hydrogens is 707 g/mol. The Labute approximate surface area is 343 Å². The second-order valence-corrected chi connectivity index (χ2v) is 15.5. The van der Waals surface area contributed by atoms with Crippen LogP contribution in [0.4, 0.5) is 17.1 Å². The molecule has 11 rings (SSSR count). The van der Waals surface area contributed by atoms with Crippen LogP contribution in [0.2, 0.25) is 0 Å². The van der Waals surface area contributed by atoms with Crippen LogP contribution in [-0.2, 0) is 5.41 Å². The number of hydrogen-bond donors (Lipinski definition) is 0. The van der Waals surface area contributed by atoms with E-state index in [0.29, 0.717) is 11.1 Å². The van der Waals surface area contributed by atoms with E-state index in [1.165, 1.54) is 5.56 Å². The van der Waals surface area contributed by atoms with E-state index in [9.17, 15) is 5.48 Å². The van der Waals surface area contributed by atoms with Gasteiger partial charge in [-0.1, -0.05) is 188 Å². The van der Waals surface area contributed by atoms with E-state index < -0.39 is 5.41 Å². The van der Waals surface area contributed by atoms with Gasteiger partial charge in [-0.15, -0.1) is 11.3 Å². The van der Waals surface area contributed by atoms with E-state index in [0.717, 1.165) is 70.5 Å². The van der Waals surface area contributed by atoms with Crippen molar-refractivity contribution in [2.45, 2.75) is 5.41 Å². The van der Waals surface area contributed by atoms with E-state index >= 15 is 0 Å². The minimum atomic E-state index is -0.684. The first-order valence-corrected chi connectivity index (χ1v) is 20.1. The lowest BCUT2D eigenvalue weighted by Gasteiger charge is -2.35. The molecule has 0 spiro atoms. The van der Waals surface area contributed by atoms with E-state index in [-0.39, 0.29) is 29.9 Å². The molecule has 0 amide bonds. The first-order valence-electron chi connectivity index (χ1n) is 21.3. The Morgan fingerprint density at radius 2 is 0.982 bits per heavy atom. The number of hydrogen-bond acceptors (Lipinski definition) is 2. The fourth-order valence-corrected chi connectivity index (χ4v) is 10.2. The molecule has 9 aromatic carbocycles. The van der Waals surface area contributed by atoms with E-state index in [1.807, 2.05) is 65.6 Å². The Balaban J connectivity index is 1.21. The van der Waals surface area contributed by atoms with E-state index in [1.54, 1.807) is 11.3 Å². The van der Waals surface area contributed by atoms with Crippen LogP contribution >= 0.6 is 11.3 Å². The second-order valence-electron chi connectivity index (χ2n) is 14.5. The van der Waals surface area contributed by atoms with Crippen LogP contribution in [0.1, 0.15) is 27.7 Å². The Kier molecular flexibility index (Phi) is 7.01. The Morgan fingerprint density at radius 3 is 1.74 bits per heavy atom. The van der Waals surface area contributed by atoms with E-state index in [2.05, 4.69) is 140 Å². The molecule has 1 aromatic heterocycles. The summed E-state index contributed by atoms with van der Waals surface area (Å²) in [5.74, 6) is 0. The maximum Gasteiger partial charge on any atom is 0.0714 e. The van der Waals surface area contributed by atoms with Crippen LogP contribution in [0.15, 0.2) is 224 Å². The molecule has 0 unspecified atom stereocenters. The number of fused-ring (bicyclic) bond motifs is 6. The number of nitrogens with zero attached hydrogens (tertiary/aromatic N) is 1. The molecule has 57 heavy (non-hydrogen) atoms. The molecule has 0 bridgehead atoms. The summed E-state index contributed by atoms with van der Waals surface area (Å²) in [5, 5.41) is 2.15. The van der Waals surface area contributed by atoms with Gasteiger partial charge in [-0.25, -0.2) is 0 Å². The zero-order chi connectivity index (χ0) is 41.2. The average Bonchev–Trinajstić information content (AvgIpc) is 3.85. The fourth-order valence-electron chi connectivity index (χ4n) is 8.99. The molecule has 1 aliphatic rings. The molecule has 0 radical (unpaired) electrons. The summed E-state index contributed by atoms with van der Waals surface area (Å²) in [5.41, 5.74) is 10.6. The highest BCUT2D eigenvalue weighted by Gasteiger charge is 2.46. The van der Waals surface area contributed by atoms with Gasteiger partial charge >= 0.3 is 0 Å². The maximum absolute atomic E-state index is 9.92. The molecule has 1 aliphatic carbocycles. The minimum absolute atomic E-state index is 0.0837. The van der Waals surface area contributed by atoms with Crippen LogP contribution in [-0.4, -0.2) is 0 Å². The van der Waals surface area contributed by atoms with Crippen molar-refractivity contribution in [3.63, 3.8) is 0 Å². The summed E-state index contributed by atoms with van der Waals surface area (Å²) < 4.78 is 41.4. The van der Waals surface area contributed by atoms with Crippen molar-refractivity contribution in [3.05, 3.63) is 247 Å². The average molecular weight is 748 g/mol. The number of anilines is 3. The Morgan fingerprint density at radius 1 is 0.404 bits per heavy atom. The SMILES string of the molecule is [2H]c1c([2H])c(N(c2ccc3c(c2)C(c2ccccc2)(c2ccccc2)c2ccccc2-3)c2ccccc2-c2ccccc2)c([2H])c([2H])c1-c1cccc2c1sc1ccccc12. The lowest BCUT2D eigenvalue weighted by molar-refractivity contribution is 0.768. The van der Waals surface area contributed by atoms with Gasteiger partial charge in [0.25, 0.3) is 0 Å². The molecule has 1 nitrogen and oxygen atoms in total. The molecule has 0 fully saturated rings. The highest BCUT2D eigenvalue weighted by Crippen LogP contribution is 2.57. The van der Waals surface area contributed by atoms with Gasteiger partial charge in [0, 0.05) is 37.1 Å². The van der Waals surface area contributed by atoms with Gasteiger partial charge in [0.15, 0.2) is 0 Å². The topological polar surface area (TPSA) is 3.24 Å². The lowest BCUT2D eigenvalue weighted by Crippen LogP contribution is -2.28. The number of para-hydroxylation sites is 1. The van der Waals surface area contributed by atoms with Crippen molar-refractivity contribution < 1.29 is 5.48 Å². The van der Waals surface area contributed by atoms with Crippen LogP contribution in [0.25, 0.3) is 53.6 Å². The van der Waals surface area contributed by atoms with Crippen molar-refractivity contribution in [3.8, 4) is 33.4 Å². The molecule has 10 aromatic rings. The third-order valence-corrected chi connectivity index (χ3v) is 12.7. The monoisotopic (exact) mass is 747 g/mol. The lowest BCUT2D eigenvalue weighted by atomic mass is 9.67. The molecular formula is C55H37NS. The van der Waals surface area contributed by atoms with Crippen LogP contribution < -0.4 is 4.90 Å². The van der Waals surface area contributed by atoms with Gasteiger partial charge in [0.05, 0.1) is 16.6 Å². The van der Waals surface area contributed by atoms with Gasteiger partial charge in [0.2, 0.25) is 0 Å². The summed E-state index contributed by atoms with van der Waals surface area (Å²) in [6.45, 7) is 0. The van der Waals surface area contributed by atoms with Crippen LogP contribution in [0.5, 0.6) is 0 Å². The fraction of sp³-hybridized carbons (Fsp3) is 0.0182. The molecule has 2 heteroatoms. The second kappa shape index (κ2) is 13.6. The molecule has 268 valence electrons. The Hall–Kier alpha value is -7.00. The zero-order valence-corrected chi connectivity index (χ0v) is 31.7. The number of benzene rings is 9. The number of rotatable bonds is 7. The molecule has 0 N–H and O–H groups in total. The smallest absolute Gasteiger partial charge is 0.0714 e. The minimum Gasteiger partial charge on any atom is -0.310 e. The van der Waals surface area contributed by atoms with Crippen molar-refractivity contribution in [1.82, 2.24) is 0 Å². The van der Waals surface area contributed by atoms with Gasteiger partial charge in [-0.2, -0.15) is 0 Å². The predicted molar refractivity (Wildman–Crippen MR) is 242 cm³/mol. The highest BCUT2D eigenvalue weighted by molar-refractivity contribution is 7.26. The van der Waals surface area contributed by atoms with Crippen LogP contribution in [0.3, 0.4) is 0 Å². The maximum atomic E-state index is 9.92. The molecule has 1 heterocycles. The van der Waals surface area contributed by atoms with Crippen molar-refractivity contribution in [2.75, 3.05) is 4.90 Å². The Bertz CT molecular complexity index is 3240. The van der Waals surface area contributed by atoms with Crippen LogP contribution in [0, 0.1) is 0 Å². The predicted octanol–water partition coefficient (Wildman–Crippen LogP) is 15.2. The first-order chi connectivity index (χ1) is 30.0. The van der Waals surface area contributed by atoms with Crippen molar-refractivity contribution in [2.24, 2.45) is 0 Å². The highest BCUT2D eigenvalue weighted by atomic mass is 32.1. The normalized spacial score (nSPS) is 13.7. The standard InChI is InChI=1S/C55H37NS/c1-4-17-38(18-5-1)44-23-11-14-29-52(44)56(42-33-31-39(32-34-42)45-26-16-27-49-48-25-12-15-30-53(48)57-54(45)49)43-35-36-47-46-24-10-13-28-50(46)55(51(47)37-43,40-19-6-2-7-20-40)41-21-8-3-9-22-41/h1-37H/i31D,32D,33D,34D. The summed E-state index contributed by atoms with van der Waals surface area (Å²) >= 11 is 1.62. The van der Waals surface area contributed by atoms with Gasteiger partial charge in [0.1, 0.15) is 0 Å². The summed E-state index contributed by atoms with van der Waals surface area (Å²) in [4.78, 5) is 1.96.